The van der Waals surface area contributed by atoms with Crippen LogP contribution in [0.5, 0.6) is 0 Å². The molecule has 0 spiro atoms. The normalized spacial score (nSPS) is 9.08. The van der Waals surface area contributed by atoms with E-state index in [-0.39, 0.29) is 5.69 Å². The van der Waals surface area contributed by atoms with Gasteiger partial charge in [0, 0.05) is 11.8 Å². The van der Waals surface area contributed by atoms with Gasteiger partial charge in [-0.3, -0.25) is 20.0 Å². The Balaban J connectivity index is 3.01. The molecule has 0 fully saturated rings. The van der Waals surface area contributed by atoms with Crippen molar-refractivity contribution in [1.29, 1.82) is 0 Å². The van der Waals surface area contributed by atoms with Crippen molar-refractivity contribution in [1.82, 2.24) is 10.4 Å². The van der Waals surface area contributed by atoms with Crippen LogP contribution in [-0.2, 0) is 0 Å². The fraction of sp³-hybridized carbons (Fsp3) is 0. The number of aromatic nitrogens is 1. The van der Waals surface area contributed by atoms with E-state index in [1.807, 2.05) is 5.43 Å². The topological polar surface area (TPSA) is 85.1 Å². The first-order valence-corrected chi connectivity index (χ1v) is 3.20. The van der Waals surface area contributed by atoms with Crippen LogP contribution in [0.3, 0.4) is 0 Å². The molecule has 0 bridgehead atoms. The second-order valence-corrected chi connectivity index (χ2v) is 2.06. The second-order valence-electron chi connectivity index (χ2n) is 2.06. The maximum absolute atomic E-state index is 10.9. The monoisotopic (exact) mass is 165 g/mol. The summed E-state index contributed by atoms with van der Waals surface area (Å²) in [6.07, 6.45) is 1.93. The first-order chi connectivity index (χ1) is 5.77. The summed E-state index contributed by atoms with van der Waals surface area (Å²) in [4.78, 5) is 24.8. The number of nitrogens with two attached hydrogens (primary N) is 1. The summed E-state index contributed by atoms with van der Waals surface area (Å²) in [5.74, 6) is 4.44. The molecule has 1 aromatic rings. The van der Waals surface area contributed by atoms with Crippen LogP contribution in [0, 0.1) is 0 Å². The molecular weight excluding hydrogens is 158 g/mol. The van der Waals surface area contributed by atoms with E-state index < -0.39 is 5.91 Å². The van der Waals surface area contributed by atoms with Gasteiger partial charge in [0.2, 0.25) is 0 Å². The molecule has 1 amide bonds. The Labute approximate surface area is 68.6 Å². The van der Waals surface area contributed by atoms with Crippen LogP contribution >= 0.6 is 0 Å². The predicted octanol–water partition coefficient (Wildman–Crippen LogP) is -0.502. The van der Waals surface area contributed by atoms with E-state index in [1.54, 1.807) is 0 Å². The second kappa shape index (κ2) is 3.59. The molecule has 0 atom stereocenters. The lowest BCUT2D eigenvalue weighted by Crippen LogP contribution is -2.30. The summed E-state index contributed by atoms with van der Waals surface area (Å²) in [6, 6.07) is 2.82. The average molecular weight is 165 g/mol. The van der Waals surface area contributed by atoms with E-state index in [2.05, 4.69) is 4.98 Å². The van der Waals surface area contributed by atoms with Crippen LogP contribution < -0.4 is 11.3 Å². The number of nitrogen functional groups attached to an aromatic ring is 1. The number of aldehydes is 1. The molecule has 0 unspecified atom stereocenters. The number of nitrogens with zero attached hydrogens (tertiary/aromatic N) is 1. The molecule has 0 saturated heterocycles. The van der Waals surface area contributed by atoms with E-state index in [0.717, 1.165) is 0 Å². The van der Waals surface area contributed by atoms with E-state index in [0.29, 0.717) is 11.8 Å². The minimum Gasteiger partial charge on any atom is -0.296 e. The summed E-state index contributed by atoms with van der Waals surface area (Å²) in [6.45, 7) is 0. The number of amides is 1. The summed E-state index contributed by atoms with van der Waals surface area (Å²) < 4.78 is 0. The third kappa shape index (κ3) is 1.64. The van der Waals surface area contributed by atoms with Gasteiger partial charge in [0.15, 0.2) is 6.29 Å². The first-order valence-electron chi connectivity index (χ1n) is 3.20. The van der Waals surface area contributed by atoms with Crippen LogP contribution in [0.1, 0.15) is 20.8 Å². The highest BCUT2D eigenvalue weighted by atomic mass is 16.2. The fourth-order valence-corrected chi connectivity index (χ4v) is 0.737. The van der Waals surface area contributed by atoms with Gasteiger partial charge in [-0.1, -0.05) is 0 Å². The molecule has 12 heavy (non-hydrogen) atoms. The molecule has 1 rings (SSSR count). The SMILES string of the molecule is NNC(=O)c1ccnc(C=O)c1. The Morgan fingerprint density at radius 1 is 1.67 bits per heavy atom. The standard InChI is InChI=1S/C7H7N3O2/c8-10-7(12)5-1-2-9-6(3-5)4-11/h1-4H,8H2,(H,10,12). The van der Waals surface area contributed by atoms with Gasteiger partial charge in [-0.2, -0.15) is 0 Å². The predicted molar refractivity (Wildman–Crippen MR) is 41.3 cm³/mol. The number of carbonyl (C=O) groups excluding carboxylic acids is 2. The van der Waals surface area contributed by atoms with E-state index in [9.17, 15) is 9.59 Å². The van der Waals surface area contributed by atoms with Gasteiger partial charge in [0.05, 0.1) is 0 Å². The average Bonchev–Trinajstić information content (AvgIpc) is 2.17. The van der Waals surface area contributed by atoms with Gasteiger partial charge in [-0.25, -0.2) is 5.84 Å². The number of nitrogens with one attached hydrogen (secondary N) is 1. The largest absolute Gasteiger partial charge is 0.296 e. The molecule has 5 heteroatoms. The number of hydrogen-bond donors (Lipinski definition) is 2. The lowest BCUT2D eigenvalue weighted by Gasteiger charge is -1.97. The Bertz CT molecular complexity index is 311. The molecule has 3 N–H and O–H groups in total. The Kier molecular flexibility index (Phi) is 2.49. The first kappa shape index (κ1) is 8.35. The van der Waals surface area contributed by atoms with Gasteiger partial charge in [0.25, 0.3) is 5.91 Å². The Morgan fingerprint density at radius 3 is 3.00 bits per heavy atom. The van der Waals surface area contributed by atoms with Gasteiger partial charge in [-0.15, -0.1) is 0 Å². The fourth-order valence-electron chi connectivity index (χ4n) is 0.737. The van der Waals surface area contributed by atoms with Gasteiger partial charge in [0.1, 0.15) is 5.69 Å². The summed E-state index contributed by atoms with van der Waals surface area (Å²) in [5.41, 5.74) is 2.47. The number of hydrogen-bond acceptors (Lipinski definition) is 4. The molecule has 0 aliphatic rings. The van der Waals surface area contributed by atoms with Crippen molar-refractivity contribution in [2.24, 2.45) is 5.84 Å². The Morgan fingerprint density at radius 2 is 2.42 bits per heavy atom. The number of rotatable bonds is 2. The summed E-state index contributed by atoms with van der Waals surface area (Å²) in [7, 11) is 0. The third-order valence-electron chi connectivity index (χ3n) is 1.30. The zero-order valence-electron chi connectivity index (χ0n) is 6.15. The molecule has 0 aliphatic heterocycles. The summed E-state index contributed by atoms with van der Waals surface area (Å²) >= 11 is 0. The Hall–Kier alpha value is -1.75. The van der Waals surface area contributed by atoms with Crippen molar-refractivity contribution < 1.29 is 9.59 Å². The smallest absolute Gasteiger partial charge is 0.265 e. The molecule has 1 aromatic heterocycles. The van der Waals surface area contributed by atoms with Crippen molar-refractivity contribution in [2.75, 3.05) is 0 Å². The quantitative estimate of drug-likeness (QED) is 0.267. The minimum atomic E-state index is -0.444. The minimum absolute atomic E-state index is 0.205. The van der Waals surface area contributed by atoms with Crippen molar-refractivity contribution >= 4 is 12.2 Å². The zero-order chi connectivity index (χ0) is 8.97. The summed E-state index contributed by atoms with van der Waals surface area (Å²) in [5, 5.41) is 0. The molecule has 0 radical (unpaired) electrons. The molecule has 0 aliphatic carbocycles. The van der Waals surface area contributed by atoms with Crippen LogP contribution in [0.4, 0.5) is 0 Å². The van der Waals surface area contributed by atoms with Gasteiger partial charge < -0.3 is 0 Å². The lowest BCUT2D eigenvalue weighted by molar-refractivity contribution is 0.0953. The van der Waals surface area contributed by atoms with Crippen molar-refractivity contribution in [3.63, 3.8) is 0 Å². The highest BCUT2D eigenvalue weighted by Gasteiger charge is 2.03. The van der Waals surface area contributed by atoms with E-state index in [1.165, 1.54) is 18.3 Å². The van der Waals surface area contributed by atoms with E-state index in [4.69, 9.17) is 5.84 Å². The van der Waals surface area contributed by atoms with Crippen molar-refractivity contribution in [2.45, 2.75) is 0 Å². The molecule has 62 valence electrons. The van der Waals surface area contributed by atoms with Crippen LogP contribution in [-0.4, -0.2) is 17.2 Å². The van der Waals surface area contributed by atoms with Crippen molar-refractivity contribution in [3.05, 3.63) is 29.6 Å². The van der Waals surface area contributed by atoms with E-state index >= 15 is 0 Å². The molecule has 0 saturated carbocycles. The van der Waals surface area contributed by atoms with Gasteiger partial charge in [-0.05, 0) is 12.1 Å². The van der Waals surface area contributed by atoms with Crippen molar-refractivity contribution in [3.8, 4) is 0 Å². The maximum Gasteiger partial charge on any atom is 0.265 e. The lowest BCUT2D eigenvalue weighted by atomic mass is 10.2. The molecule has 1 heterocycles. The third-order valence-corrected chi connectivity index (χ3v) is 1.30. The number of pyridine rings is 1. The van der Waals surface area contributed by atoms with Crippen LogP contribution in [0.15, 0.2) is 18.3 Å². The molecule has 5 nitrogen and oxygen atoms in total. The highest BCUT2D eigenvalue weighted by Crippen LogP contribution is 1.98. The number of hydrazine groups is 1. The highest BCUT2D eigenvalue weighted by molar-refractivity contribution is 5.94. The molecular formula is C7H7N3O2. The van der Waals surface area contributed by atoms with Crippen LogP contribution in [0.25, 0.3) is 0 Å². The zero-order valence-corrected chi connectivity index (χ0v) is 6.15. The number of carbonyl (C=O) groups is 2. The van der Waals surface area contributed by atoms with Gasteiger partial charge >= 0.3 is 0 Å². The van der Waals surface area contributed by atoms with Crippen LogP contribution in [0.2, 0.25) is 0 Å². The molecule has 0 aromatic carbocycles. The maximum atomic E-state index is 10.9.